The Morgan fingerprint density at radius 3 is 2.82 bits per heavy atom. The molecule has 1 N–H and O–H groups in total. The third kappa shape index (κ3) is 2.33. The van der Waals surface area contributed by atoms with E-state index in [2.05, 4.69) is 10.4 Å². The molecule has 5 heteroatoms. The largest absolute Gasteiger partial charge is 0.322 e. The maximum Gasteiger partial charge on any atom is 0.259 e. The Balaban J connectivity index is 2.20. The van der Waals surface area contributed by atoms with Crippen molar-refractivity contribution in [2.75, 3.05) is 5.32 Å². The van der Waals surface area contributed by atoms with Crippen LogP contribution in [0.1, 0.15) is 16.1 Å². The SMILES string of the molecule is Cc1c(C(=O)Nc2cccc(F)c2)cnn1C. The number of anilines is 1. The lowest BCUT2D eigenvalue weighted by atomic mass is 10.2. The molecule has 4 nitrogen and oxygen atoms in total. The van der Waals surface area contributed by atoms with Crippen molar-refractivity contribution in [3.63, 3.8) is 0 Å². The van der Waals surface area contributed by atoms with Gasteiger partial charge in [0.2, 0.25) is 0 Å². The molecule has 1 amide bonds. The van der Waals surface area contributed by atoms with E-state index < -0.39 is 0 Å². The van der Waals surface area contributed by atoms with Crippen molar-refractivity contribution in [1.82, 2.24) is 9.78 Å². The molecule has 2 aromatic rings. The highest BCUT2D eigenvalue weighted by molar-refractivity contribution is 6.04. The summed E-state index contributed by atoms with van der Waals surface area (Å²) in [5.41, 5.74) is 1.67. The molecule has 1 aromatic carbocycles. The van der Waals surface area contributed by atoms with Gasteiger partial charge in [0.1, 0.15) is 5.82 Å². The summed E-state index contributed by atoms with van der Waals surface area (Å²) >= 11 is 0. The zero-order chi connectivity index (χ0) is 12.4. The summed E-state index contributed by atoms with van der Waals surface area (Å²) in [6.45, 7) is 1.80. The summed E-state index contributed by atoms with van der Waals surface area (Å²) < 4.78 is 14.5. The van der Waals surface area contributed by atoms with Crippen LogP contribution in [0.25, 0.3) is 0 Å². The zero-order valence-electron chi connectivity index (χ0n) is 9.57. The van der Waals surface area contributed by atoms with E-state index in [1.165, 1.54) is 18.3 Å². The predicted octanol–water partition coefficient (Wildman–Crippen LogP) is 2.12. The molecule has 0 aliphatic heterocycles. The van der Waals surface area contributed by atoms with Crippen LogP contribution in [0.5, 0.6) is 0 Å². The fourth-order valence-electron chi connectivity index (χ4n) is 1.49. The van der Waals surface area contributed by atoms with Crippen molar-refractivity contribution in [2.24, 2.45) is 7.05 Å². The van der Waals surface area contributed by atoms with Crippen LogP contribution >= 0.6 is 0 Å². The van der Waals surface area contributed by atoms with Crippen molar-refractivity contribution >= 4 is 11.6 Å². The Morgan fingerprint density at radius 1 is 1.47 bits per heavy atom. The van der Waals surface area contributed by atoms with E-state index in [9.17, 15) is 9.18 Å². The molecule has 1 heterocycles. The summed E-state index contributed by atoms with van der Waals surface area (Å²) in [4.78, 5) is 11.9. The van der Waals surface area contributed by atoms with Crippen LogP contribution in [-0.4, -0.2) is 15.7 Å². The summed E-state index contributed by atoms with van der Waals surface area (Å²) in [6.07, 6.45) is 1.49. The monoisotopic (exact) mass is 233 g/mol. The van der Waals surface area contributed by atoms with E-state index in [1.807, 2.05) is 0 Å². The van der Waals surface area contributed by atoms with E-state index >= 15 is 0 Å². The molecule has 88 valence electrons. The molecule has 0 aliphatic rings. The fraction of sp³-hybridized carbons (Fsp3) is 0.167. The molecule has 0 saturated carbocycles. The fourth-order valence-corrected chi connectivity index (χ4v) is 1.49. The van der Waals surface area contributed by atoms with Crippen molar-refractivity contribution in [1.29, 1.82) is 0 Å². The number of benzene rings is 1. The Morgan fingerprint density at radius 2 is 2.24 bits per heavy atom. The number of nitrogens with one attached hydrogen (secondary N) is 1. The number of rotatable bonds is 2. The van der Waals surface area contributed by atoms with Gasteiger partial charge in [-0.15, -0.1) is 0 Å². The van der Waals surface area contributed by atoms with E-state index in [0.29, 0.717) is 11.3 Å². The zero-order valence-corrected chi connectivity index (χ0v) is 9.57. The molecule has 0 bridgehead atoms. The first-order chi connectivity index (χ1) is 8.08. The summed E-state index contributed by atoms with van der Waals surface area (Å²) in [7, 11) is 1.76. The lowest BCUT2D eigenvalue weighted by Crippen LogP contribution is -2.13. The molecular formula is C12H12FN3O. The Labute approximate surface area is 98.1 Å². The second-order valence-electron chi connectivity index (χ2n) is 3.73. The third-order valence-corrected chi connectivity index (χ3v) is 2.56. The molecule has 0 unspecified atom stereocenters. The molecule has 0 atom stereocenters. The predicted molar refractivity (Wildman–Crippen MR) is 62.3 cm³/mol. The number of amides is 1. The van der Waals surface area contributed by atoms with Gasteiger partial charge in [-0.05, 0) is 25.1 Å². The van der Waals surface area contributed by atoms with Gasteiger partial charge in [0.15, 0.2) is 0 Å². The average molecular weight is 233 g/mol. The number of aryl methyl sites for hydroxylation is 1. The minimum Gasteiger partial charge on any atom is -0.322 e. The second kappa shape index (κ2) is 4.37. The van der Waals surface area contributed by atoms with Crippen molar-refractivity contribution in [3.8, 4) is 0 Å². The first-order valence-electron chi connectivity index (χ1n) is 5.13. The molecule has 17 heavy (non-hydrogen) atoms. The van der Waals surface area contributed by atoms with Crippen molar-refractivity contribution in [3.05, 3.63) is 47.5 Å². The van der Waals surface area contributed by atoms with Gasteiger partial charge in [-0.2, -0.15) is 5.10 Å². The summed E-state index contributed by atoms with van der Waals surface area (Å²) in [5.74, 6) is -0.674. The molecule has 2 rings (SSSR count). The lowest BCUT2D eigenvalue weighted by molar-refractivity contribution is 0.102. The molecule has 1 aromatic heterocycles. The lowest BCUT2D eigenvalue weighted by Gasteiger charge is -2.04. The topological polar surface area (TPSA) is 46.9 Å². The molecule has 0 aliphatic carbocycles. The van der Waals surface area contributed by atoms with Gasteiger partial charge in [-0.1, -0.05) is 6.07 Å². The minimum atomic E-state index is -0.384. The normalized spacial score (nSPS) is 10.3. The number of aromatic nitrogens is 2. The Kier molecular flexibility index (Phi) is 2.91. The smallest absolute Gasteiger partial charge is 0.259 e. The molecule has 0 fully saturated rings. The van der Waals surface area contributed by atoms with Gasteiger partial charge in [-0.25, -0.2) is 4.39 Å². The van der Waals surface area contributed by atoms with Crippen LogP contribution in [0.2, 0.25) is 0 Å². The highest BCUT2D eigenvalue weighted by Gasteiger charge is 2.12. The number of hydrogen-bond acceptors (Lipinski definition) is 2. The van der Waals surface area contributed by atoms with Gasteiger partial charge in [0.05, 0.1) is 11.8 Å². The summed E-state index contributed by atoms with van der Waals surface area (Å²) in [6, 6.07) is 5.77. The van der Waals surface area contributed by atoms with Gasteiger partial charge in [0.25, 0.3) is 5.91 Å². The van der Waals surface area contributed by atoms with E-state index in [4.69, 9.17) is 0 Å². The first kappa shape index (κ1) is 11.3. The van der Waals surface area contributed by atoms with E-state index in [1.54, 1.807) is 30.8 Å². The van der Waals surface area contributed by atoms with Crippen LogP contribution in [0.4, 0.5) is 10.1 Å². The van der Waals surface area contributed by atoms with Crippen LogP contribution < -0.4 is 5.32 Å². The Bertz CT molecular complexity index is 563. The van der Waals surface area contributed by atoms with E-state index in [-0.39, 0.29) is 11.7 Å². The number of carbonyl (C=O) groups excluding carboxylic acids is 1. The second-order valence-corrected chi connectivity index (χ2v) is 3.73. The van der Waals surface area contributed by atoms with E-state index in [0.717, 1.165) is 5.69 Å². The van der Waals surface area contributed by atoms with Gasteiger partial charge < -0.3 is 5.32 Å². The number of hydrogen-bond donors (Lipinski definition) is 1. The number of nitrogens with zero attached hydrogens (tertiary/aromatic N) is 2. The number of carbonyl (C=O) groups is 1. The highest BCUT2D eigenvalue weighted by Crippen LogP contribution is 2.12. The molecule has 0 spiro atoms. The molecule has 0 radical (unpaired) electrons. The van der Waals surface area contributed by atoms with Crippen molar-refractivity contribution in [2.45, 2.75) is 6.92 Å². The maximum absolute atomic E-state index is 12.9. The van der Waals surface area contributed by atoms with Crippen LogP contribution in [0, 0.1) is 12.7 Å². The third-order valence-electron chi connectivity index (χ3n) is 2.56. The van der Waals surface area contributed by atoms with Crippen LogP contribution in [-0.2, 0) is 7.05 Å². The average Bonchev–Trinajstić information content (AvgIpc) is 2.60. The maximum atomic E-state index is 12.9. The minimum absolute atomic E-state index is 0.291. The van der Waals surface area contributed by atoms with Gasteiger partial charge in [0, 0.05) is 18.4 Å². The van der Waals surface area contributed by atoms with Crippen molar-refractivity contribution < 1.29 is 9.18 Å². The Hall–Kier alpha value is -2.17. The van der Waals surface area contributed by atoms with Gasteiger partial charge in [-0.3, -0.25) is 9.48 Å². The standard InChI is InChI=1S/C12H12FN3O/c1-8-11(7-14-16(8)2)12(17)15-10-5-3-4-9(13)6-10/h3-7H,1-2H3,(H,15,17). The molecule has 0 saturated heterocycles. The van der Waals surface area contributed by atoms with Gasteiger partial charge >= 0.3 is 0 Å². The first-order valence-corrected chi connectivity index (χ1v) is 5.13. The highest BCUT2D eigenvalue weighted by atomic mass is 19.1. The van der Waals surface area contributed by atoms with Crippen LogP contribution in [0.3, 0.4) is 0 Å². The summed E-state index contributed by atoms with van der Waals surface area (Å²) in [5, 5.41) is 6.60. The van der Waals surface area contributed by atoms with Crippen LogP contribution in [0.15, 0.2) is 30.5 Å². The quantitative estimate of drug-likeness (QED) is 0.863. The number of halogens is 1. The molecular weight excluding hydrogens is 221 g/mol.